The third-order valence-electron chi connectivity index (χ3n) is 5.45. The van der Waals surface area contributed by atoms with E-state index in [1.807, 2.05) is 18.2 Å². The molecule has 0 spiro atoms. The fourth-order valence-corrected chi connectivity index (χ4v) is 3.63. The van der Waals surface area contributed by atoms with Gasteiger partial charge in [0, 0.05) is 6.42 Å². The monoisotopic (exact) mass is 406 g/mol. The van der Waals surface area contributed by atoms with Crippen LogP contribution in [-0.4, -0.2) is 28.4 Å². The molecule has 29 heavy (non-hydrogen) atoms. The number of aliphatic hydroxyl groups is 1. The Kier molecular flexibility index (Phi) is 15.4. The number of ether oxygens (including phenoxy) is 1. The van der Waals surface area contributed by atoms with Crippen LogP contribution in [0.1, 0.15) is 102 Å². The Bertz CT molecular complexity index is 503. The maximum absolute atomic E-state index is 10.6. The van der Waals surface area contributed by atoms with Crippen molar-refractivity contribution in [3.05, 3.63) is 35.9 Å². The fourth-order valence-electron chi connectivity index (χ4n) is 3.63. The van der Waals surface area contributed by atoms with E-state index in [-0.39, 0.29) is 18.6 Å². The normalized spacial score (nSPS) is 13.3. The van der Waals surface area contributed by atoms with Crippen molar-refractivity contribution in [2.45, 2.75) is 116 Å². The van der Waals surface area contributed by atoms with Crippen LogP contribution in [0.4, 0.5) is 0 Å². The Labute approximate surface area is 177 Å². The summed E-state index contributed by atoms with van der Waals surface area (Å²) in [5, 5.41) is 18.8. The molecule has 166 valence electrons. The highest BCUT2D eigenvalue weighted by Crippen LogP contribution is 2.18. The van der Waals surface area contributed by atoms with E-state index in [4.69, 9.17) is 9.84 Å². The molecule has 2 atom stereocenters. The first-order chi connectivity index (χ1) is 14.1. The second kappa shape index (κ2) is 17.5. The summed E-state index contributed by atoms with van der Waals surface area (Å²) in [5.74, 6) is -0.698. The highest BCUT2D eigenvalue weighted by molar-refractivity contribution is 5.66. The minimum Gasteiger partial charge on any atom is -0.481 e. The lowest BCUT2D eigenvalue weighted by molar-refractivity contribution is -0.137. The van der Waals surface area contributed by atoms with E-state index in [1.54, 1.807) is 0 Å². The molecule has 1 aromatic rings. The number of unbranched alkanes of at least 4 members (excludes halogenated alkanes) is 6. The van der Waals surface area contributed by atoms with Crippen LogP contribution in [0.25, 0.3) is 0 Å². The maximum Gasteiger partial charge on any atom is 0.303 e. The van der Waals surface area contributed by atoms with Crippen molar-refractivity contribution in [3.63, 3.8) is 0 Å². The molecule has 0 amide bonds. The van der Waals surface area contributed by atoms with E-state index >= 15 is 0 Å². The second-order valence-electron chi connectivity index (χ2n) is 8.20. The zero-order valence-corrected chi connectivity index (χ0v) is 18.4. The van der Waals surface area contributed by atoms with Gasteiger partial charge in [-0.2, -0.15) is 0 Å². The van der Waals surface area contributed by atoms with Gasteiger partial charge in [-0.3, -0.25) is 4.79 Å². The van der Waals surface area contributed by atoms with Crippen molar-refractivity contribution in [1.82, 2.24) is 0 Å². The molecule has 0 aliphatic heterocycles. The summed E-state index contributed by atoms with van der Waals surface area (Å²) in [6.07, 6.45) is 13.8. The van der Waals surface area contributed by atoms with Gasteiger partial charge in [-0.1, -0.05) is 82.2 Å². The fraction of sp³-hybridized carbons (Fsp3) is 0.720. The molecule has 0 aliphatic carbocycles. The number of aliphatic carboxylic acids is 1. The lowest BCUT2D eigenvalue weighted by Crippen LogP contribution is -2.15. The maximum atomic E-state index is 10.6. The van der Waals surface area contributed by atoms with Gasteiger partial charge in [-0.25, -0.2) is 0 Å². The molecule has 1 rings (SSSR count). The third kappa shape index (κ3) is 15.2. The van der Waals surface area contributed by atoms with E-state index in [0.717, 1.165) is 70.6 Å². The van der Waals surface area contributed by atoms with Crippen LogP contribution in [0.3, 0.4) is 0 Å². The van der Waals surface area contributed by atoms with Gasteiger partial charge in [0.05, 0.1) is 18.8 Å². The molecular weight excluding hydrogens is 364 g/mol. The number of hydrogen-bond donors (Lipinski definition) is 2. The average molecular weight is 407 g/mol. The molecule has 4 heteroatoms. The Morgan fingerprint density at radius 1 is 0.862 bits per heavy atom. The number of aliphatic hydroxyl groups excluding tert-OH is 1. The number of carboxylic acid groups (broad SMARTS) is 1. The molecule has 4 nitrogen and oxygen atoms in total. The van der Waals surface area contributed by atoms with Crippen molar-refractivity contribution in [2.24, 2.45) is 0 Å². The molecule has 0 radical (unpaired) electrons. The summed E-state index contributed by atoms with van der Waals surface area (Å²) in [4.78, 5) is 10.6. The highest BCUT2D eigenvalue weighted by Gasteiger charge is 2.12. The van der Waals surface area contributed by atoms with E-state index in [9.17, 15) is 9.90 Å². The van der Waals surface area contributed by atoms with Crippen LogP contribution >= 0.6 is 0 Å². The first-order valence-electron chi connectivity index (χ1n) is 11.7. The van der Waals surface area contributed by atoms with Gasteiger partial charge in [0.25, 0.3) is 0 Å². The first-order valence-corrected chi connectivity index (χ1v) is 11.7. The van der Waals surface area contributed by atoms with E-state index in [0.29, 0.717) is 6.61 Å². The minimum absolute atomic E-state index is 0.175. The van der Waals surface area contributed by atoms with Crippen LogP contribution in [0.2, 0.25) is 0 Å². The van der Waals surface area contributed by atoms with Crippen molar-refractivity contribution in [2.75, 3.05) is 0 Å². The minimum atomic E-state index is -0.698. The van der Waals surface area contributed by atoms with Gasteiger partial charge in [0.2, 0.25) is 0 Å². The molecule has 0 aromatic heterocycles. The Balaban J connectivity index is 2.27. The standard InChI is InChI=1S/C25H42O4/c1-2-3-8-16-23(26)17-13-19-24(29-21-22-14-9-7-10-15-22)18-11-5-4-6-12-20-25(27)28/h7,9-10,14-15,23-24,26H,2-6,8,11-13,16-21H2,1H3,(H,27,28). The zero-order valence-electron chi connectivity index (χ0n) is 18.4. The van der Waals surface area contributed by atoms with Crippen molar-refractivity contribution in [3.8, 4) is 0 Å². The van der Waals surface area contributed by atoms with E-state index in [1.165, 1.54) is 18.4 Å². The van der Waals surface area contributed by atoms with Crippen LogP contribution in [0, 0.1) is 0 Å². The Morgan fingerprint density at radius 3 is 2.21 bits per heavy atom. The summed E-state index contributed by atoms with van der Waals surface area (Å²) < 4.78 is 6.21. The molecule has 0 saturated carbocycles. The predicted molar refractivity (Wildman–Crippen MR) is 119 cm³/mol. The van der Waals surface area contributed by atoms with E-state index in [2.05, 4.69) is 19.1 Å². The van der Waals surface area contributed by atoms with Crippen molar-refractivity contribution in [1.29, 1.82) is 0 Å². The molecule has 0 fully saturated rings. The van der Waals surface area contributed by atoms with Gasteiger partial charge in [-0.05, 0) is 44.1 Å². The first kappa shape index (κ1) is 25.6. The van der Waals surface area contributed by atoms with Crippen LogP contribution < -0.4 is 0 Å². The Morgan fingerprint density at radius 2 is 1.48 bits per heavy atom. The quantitative estimate of drug-likeness (QED) is 0.257. The summed E-state index contributed by atoms with van der Waals surface area (Å²) in [7, 11) is 0. The van der Waals surface area contributed by atoms with Crippen molar-refractivity contribution < 1.29 is 19.7 Å². The van der Waals surface area contributed by atoms with Gasteiger partial charge in [0.15, 0.2) is 0 Å². The second-order valence-corrected chi connectivity index (χ2v) is 8.20. The molecule has 2 N–H and O–H groups in total. The molecule has 0 heterocycles. The number of carboxylic acids is 1. The number of rotatable bonds is 19. The summed E-state index contributed by atoms with van der Waals surface area (Å²) in [5.41, 5.74) is 1.20. The SMILES string of the molecule is CCCCCC(O)CCCC(CCCCCCCC(=O)O)OCc1ccccc1. The molecule has 2 unspecified atom stereocenters. The van der Waals surface area contributed by atoms with Crippen LogP contribution in [0.5, 0.6) is 0 Å². The molecule has 0 saturated heterocycles. The summed E-state index contributed by atoms with van der Waals surface area (Å²) >= 11 is 0. The van der Waals surface area contributed by atoms with Crippen molar-refractivity contribution >= 4 is 5.97 Å². The smallest absolute Gasteiger partial charge is 0.303 e. The van der Waals surface area contributed by atoms with Gasteiger partial charge in [-0.15, -0.1) is 0 Å². The van der Waals surface area contributed by atoms with Crippen LogP contribution in [-0.2, 0) is 16.1 Å². The van der Waals surface area contributed by atoms with Crippen LogP contribution in [0.15, 0.2) is 30.3 Å². The number of benzene rings is 1. The molecule has 0 bridgehead atoms. The topological polar surface area (TPSA) is 66.8 Å². The lowest BCUT2D eigenvalue weighted by atomic mass is 10.0. The summed E-state index contributed by atoms with van der Waals surface area (Å²) in [6.45, 7) is 2.83. The average Bonchev–Trinajstić information content (AvgIpc) is 2.71. The zero-order chi connectivity index (χ0) is 21.2. The Hall–Kier alpha value is -1.39. The largest absolute Gasteiger partial charge is 0.481 e. The highest BCUT2D eigenvalue weighted by atomic mass is 16.5. The van der Waals surface area contributed by atoms with Gasteiger partial charge < -0.3 is 14.9 Å². The predicted octanol–water partition coefficient (Wildman–Crippen LogP) is 6.50. The lowest BCUT2D eigenvalue weighted by Gasteiger charge is -2.19. The molecular formula is C25H42O4. The van der Waals surface area contributed by atoms with Gasteiger partial charge >= 0.3 is 5.97 Å². The molecule has 0 aliphatic rings. The number of carbonyl (C=O) groups is 1. The molecule has 1 aromatic carbocycles. The summed E-state index contributed by atoms with van der Waals surface area (Å²) in [6, 6.07) is 10.3. The van der Waals surface area contributed by atoms with E-state index < -0.39 is 5.97 Å². The third-order valence-corrected chi connectivity index (χ3v) is 5.45. The van der Waals surface area contributed by atoms with Gasteiger partial charge in [0.1, 0.15) is 0 Å². The number of hydrogen-bond acceptors (Lipinski definition) is 3.